The summed E-state index contributed by atoms with van der Waals surface area (Å²) in [5.74, 6) is -3.59. The van der Waals surface area contributed by atoms with Crippen LogP contribution in [-0.2, 0) is 21.2 Å². The first-order valence-electron chi connectivity index (χ1n) is 11.3. The molecule has 4 aromatic rings. The van der Waals surface area contributed by atoms with Gasteiger partial charge in [0.2, 0.25) is 5.78 Å². The van der Waals surface area contributed by atoms with Crippen molar-refractivity contribution in [3.63, 3.8) is 0 Å². The lowest BCUT2D eigenvalue weighted by Gasteiger charge is -2.18. The van der Waals surface area contributed by atoms with Gasteiger partial charge in [-0.1, -0.05) is 36.4 Å². The van der Waals surface area contributed by atoms with Crippen LogP contribution in [0, 0.1) is 0 Å². The van der Waals surface area contributed by atoms with Crippen LogP contribution >= 0.6 is 11.3 Å². The first-order chi connectivity index (χ1) is 18.7. The summed E-state index contributed by atoms with van der Waals surface area (Å²) >= 11 is 1.26. The average Bonchev–Trinajstić information content (AvgIpc) is 3.35. The van der Waals surface area contributed by atoms with Crippen LogP contribution in [0.3, 0.4) is 0 Å². The smallest absolute Gasteiger partial charge is 0.475 e. The van der Waals surface area contributed by atoms with Gasteiger partial charge < -0.3 is 16.2 Å². The Morgan fingerprint density at radius 2 is 1.57 bits per heavy atom. The minimum absolute atomic E-state index is 0.110. The molecule has 1 amide bonds. The lowest BCUT2D eigenvalue weighted by molar-refractivity contribution is -0.192. The monoisotopic (exact) mass is 593 g/mol. The predicted octanol–water partition coefficient (Wildman–Crippen LogP) is 4.15. The number of carbonyl (C=O) groups is 3. The third-order valence-corrected chi connectivity index (χ3v) is 7.56. The lowest BCUT2D eigenvalue weighted by Crippen LogP contribution is -2.34. The van der Waals surface area contributed by atoms with Crippen LogP contribution in [0.25, 0.3) is 10.2 Å². The molecule has 1 aromatic heterocycles. The van der Waals surface area contributed by atoms with Gasteiger partial charge in [0.25, 0.3) is 5.91 Å². The van der Waals surface area contributed by atoms with E-state index in [1.165, 1.54) is 35.6 Å². The molecule has 0 bridgehead atoms. The van der Waals surface area contributed by atoms with Gasteiger partial charge in [0.15, 0.2) is 14.8 Å². The number of halogens is 3. The third kappa shape index (κ3) is 7.71. The number of ketones is 1. The summed E-state index contributed by atoms with van der Waals surface area (Å²) < 4.78 is 56.0. The van der Waals surface area contributed by atoms with E-state index in [0.717, 1.165) is 16.5 Å². The normalized spacial score (nSPS) is 12.2. The van der Waals surface area contributed by atoms with Gasteiger partial charge >= 0.3 is 12.1 Å². The quantitative estimate of drug-likeness (QED) is 0.270. The Labute approximate surface area is 230 Å². The zero-order chi connectivity index (χ0) is 29.7. The van der Waals surface area contributed by atoms with Crippen LogP contribution in [0.1, 0.15) is 37.3 Å². The molecular formula is C26H22F3N3O6S2. The number of Topliss-reactive ketones (excluding diaryl/α,β-unsaturated/α-hetero) is 1. The number of thiazole rings is 1. The summed E-state index contributed by atoms with van der Waals surface area (Å²) in [7, 11) is -3.38. The molecule has 210 valence electrons. The van der Waals surface area contributed by atoms with Crippen molar-refractivity contribution >= 4 is 49.1 Å². The van der Waals surface area contributed by atoms with Gasteiger partial charge in [-0.2, -0.15) is 13.2 Å². The maximum atomic E-state index is 13.5. The number of nitrogens with two attached hydrogens (primary N) is 1. The van der Waals surface area contributed by atoms with Crippen molar-refractivity contribution in [2.45, 2.75) is 23.7 Å². The molecule has 0 saturated carbocycles. The Morgan fingerprint density at radius 3 is 2.08 bits per heavy atom. The average molecular weight is 594 g/mol. The van der Waals surface area contributed by atoms with Gasteiger partial charge in [0.1, 0.15) is 6.04 Å². The SMILES string of the molecule is CS(=O)(=O)c1ccc(C(=O)NC(C(=O)c2nc3ccccc3s2)c2ccc(CN)cc2)cc1.O=C(O)C(F)(F)F. The van der Waals surface area contributed by atoms with Gasteiger partial charge in [0, 0.05) is 18.4 Å². The number of hydrogen-bond donors (Lipinski definition) is 3. The molecule has 3 aromatic carbocycles. The molecule has 4 rings (SSSR count). The minimum Gasteiger partial charge on any atom is -0.475 e. The van der Waals surface area contributed by atoms with E-state index in [4.69, 9.17) is 15.6 Å². The number of para-hydroxylation sites is 1. The maximum Gasteiger partial charge on any atom is 0.490 e. The number of amides is 1. The molecule has 1 heterocycles. The van der Waals surface area contributed by atoms with E-state index < -0.39 is 33.9 Å². The first-order valence-corrected chi connectivity index (χ1v) is 14.0. The van der Waals surface area contributed by atoms with E-state index in [1.807, 2.05) is 24.3 Å². The van der Waals surface area contributed by atoms with Crippen LogP contribution in [0.4, 0.5) is 13.2 Å². The van der Waals surface area contributed by atoms with E-state index in [9.17, 15) is 31.2 Å². The Hall–Kier alpha value is -4.14. The Morgan fingerprint density at radius 1 is 1.00 bits per heavy atom. The van der Waals surface area contributed by atoms with E-state index in [2.05, 4.69) is 10.3 Å². The van der Waals surface area contributed by atoms with Gasteiger partial charge in [-0.25, -0.2) is 18.2 Å². The highest BCUT2D eigenvalue weighted by atomic mass is 32.2. The maximum absolute atomic E-state index is 13.5. The third-order valence-electron chi connectivity index (χ3n) is 5.38. The van der Waals surface area contributed by atoms with Gasteiger partial charge in [-0.3, -0.25) is 9.59 Å². The summed E-state index contributed by atoms with van der Waals surface area (Å²) in [5, 5.41) is 10.2. The number of rotatable bonds is 7. The molecule has 0 aliphatic heterocycles. The molecule has 14 heteroatoms. The number of carboxylic acid groups (broad SMARTS) is 1. The number of aliphatic carboxylic acids is 1. The van der Waals surface area contributed by atoms with Crippen LogP contribution < -0.4 is 11.1 Å². The molecule has 0 radical (unpaired) electrons. The standard InChI is InChI=1S/C24H21N3O4S2.C2HF3O2/c1-33(30,31)18-12-10-17(11-13-18)23(29)27-21(16-8-6-15(14-25)7-9-16)22(28)24-26-19-4-2-3-5-20(19)32-24;3-2(4,5)1(6)7/h2-13,21H,14,25H2,1H3,(H,27,29);(H,6,7). The van der Waals surface area contributed by atoms with Crippen molar-refractivity contribution in [3.8, 4) is 0 Å². The van der Waals surface area contributed by atoms with Crippen molar-refractivity contribution in [2.24, 2.45) is 5.73 Å². The Balaban J connectivity index is 0.000000559. The number of fused-ring (bicyclic) bond motifs is 1. The molecule has 40 heavy (non-hydrogen) atoms. The molecule has 0 fully saturated rings. The number of sulfone groups is 1. The molecule has 4 N–H and O–H groups in total. The fourth-order valence-corrected chi connectivity index (χ4v) is 4.88. The van der Waals surface area contributed by atoms with Crippen LogP contribution in [-0.4, -0.2) is 48.6 Å². The summed E-state index contributed by atoms with van der Waals surface area (Å²) in [4.78, 5) is 39.9. The second-order valence-electron chi connectivity index (χ2n) is 8.30. The molecule has 0 spiro atoms. The second-order valence-corrected chi connectivity index (χ2v) is 11.3. The largest absolute Gasteiger partial charge is 0.490 e. The molecule has 9 nitrogen and oxygen atoms in total. The summed E-state index contributed by atoms with van der Waals surface area (Å²) in [5.41, 5.74) is 8.13. The zero-order valence-corrected chi connectivity index (χ0v) is 22.3. The number of carbonyl (C=O) groups excluding carboxylic acids is 2. The van der Waals surface area contributed by atoms with Gasteiger partial charge in [-0.05, 0) is 47.5 Å². The molecule has 0 saturated heterocycles. The summed E-state index contributed by atoms with van der Waals surface area (Å²) in [6.45, 7) is 0.357. The van der Waals surface area contributed by atoms with E-state index in [0.29, 0.717) is 17.6 Å². The number of aromatic nitrogens is 1. The molecular weight excluding hydrogens is 571 g/mol. The van der Waals surface area contributed by atoms with Crippen LogP contribution in [0.5, 0.6) is 0 Å². The van der Waals surface area contributed by atoms with E-state index in [1.54, 1.807) is 24.3 Å². The molecule has 0 aliphatic rings. The number of nitrogens with zero attached hydrogens (tertiary/aromatic N) is 1. The second kappa shape index (κ2) is 12.4. The Bertz CT molecular complexity index is 1600. The zero-order valence-electron chi connectivity index (χ0n) is 20.7. The highest BCUT2D eigenvalue weighted by molar-refractivity contribution is 7.90. The summed E-state index contributed by atoms with van der Waals surface area (Å²) in [6.07, 6.45) is -3.99. The van der Waals surface area contributed by atoms with Crippen molar-refractivity contribution in [1.29, 1.82) is 0 Å². The van der Waals surface area contributed by atoms with Crippen LogP contribution in [0.15, 0.2) is 77.7 Å². The highest BCUT2D eigenvalue weighted by Gasteiger charge is 2.38. The Kier molecular flexibility index (Phi) is 9.40. The van der Waals surface area contributed by atoms with Gasteiger partial charge in [-0.15, -0.1) is 11.3 Å². The molecule has 1 unspecified atom stereocenters. The lowest BCUT2D eigenvalue weighted by atomic mass is 10.0. The number of carboxylic acids is 1. The van der Waals surface area contributed by atoms with Crippen molar-refractivity contribution in [1.82, 2.24) is 10.3 Å². The van der Waals surface area contributed by atoms with Crippen molar-refractivity contribution in [2.75, 3.05) is 6.26 Å². The van der Waals surface area contributed by atoms with E-state index >= 15 is 0 Å². The van der Waals surface area contributed by atoms with Crippen LogP contribution in [0.2, 0.25) is 0 Å². The van der Waals surface area contributed by atoms with Crippen molar-refractivity contribution in [3.05, 3.63) is 94.5 Å². The molecule has 1 atom stereocenters. The molecule has 0 aliphatic carbocycles. The highest BCUT2D eigenvalue weighted by Crippen LogP contribution is 2.27. The first kappa shape index (κ1) is 30.4. The van der Waals surface area contributed by atoms with E-state index in [-0.39, 0.29) is 21.2 Å². The fourth-order valence-electron chi connectivity index (χ4n) is 3.32. The minimum atomic E-state index is -5.08. The summed E-state index contributed by atoms with van der Waals surface area (Å²) in [6, 6.07) is 19.2. The van der Waals surface area contributed by atoms with Gasteiger partial charge in [0.05, 0.1) is 15.1 Å². The number of hydrogen-bond acceptors (Lipinski definition) is 8. The predicted molar refractivity (Wildman–Crippen MR) is 142 cm³/mol. The topological polar surface area (TPSA) is 157 Å². The number of alkyl halides is 3. The number of benzene rings is 3. The van der Waals surface area contributed by atoms with Crippen molar-refractivity contribution < 1.29 is 41.1 Å². The number of nitrogens with one attached hydrogen (secondary N) is 1. The fraction of sp³-hybridized carbons (Fsp3) is 0.154.